The highest BCUT2D eigenvalue weighted by Gasteiger charge is 2.31. The summed E-state index contributed by atoms with van der Waals surface area (Å²) in [5.41, 5.74) is 2.34. The third-order valence-electron chi connectivity index (χ3n) is 4.65. The van der Waals surface area contributed by atoms with Crippen molar-refractivity contribution in [3.8, 4) is 17.2 Å². The van der Waals surface area contributed by atoms with Crippen molar-refractivity contribution in [2.45, 2.75) is 46.3 Å². The SMILES string of the molecule is Cc1nc(C(C)OC(C)C)ccc1C(=O)Nc1ccc(Oc2ccc(OC(F)(F)F)cc2)cc1. The smallest absolute Gasteiger partial charge is 0.457 e. The Morgan fingerprint density at radius 1 is 0.882 bits per heavy atom. The molecule has 1 amide bonds. The Kier molecular flexibility index (Phi) is 7.78. The lowest BCUT2D eigenvalue weighted by molar-refractivity contribution is -0.274. The number of benzene rings is 2. The fourth-order valence-corrected chi connectivity index (χ4v) is 3.17. The number of amides is 1. The molecule has 1 unspecified atom stereocenters. The lowest BCUT2D eigenvalue weighted by Crippen LogP contribution is -2.16. The van der Waals surface area contributed by atoms with Gasteiger partial charge in [0.25, 0.3) is 5.91 Å². The second kappa shape index (κ2) is 10.6. The predicted molar refractivity (Wildman–Crippen MR) is 121 cm³/mol. The lowest BCUT2D eigenvalue weighted by Gasteiger charge is -2.17. The zero-order chi connectivity index (χ0) is 24.9. The summed E-state index contributed by atoms with van der Waals surface area (Å²) in [4.78, 5) is 17.2. The standard InChI is InChI=1S/C25H25F3N2O4/c1-15(2)32-17(4)23-14-13-22(16(3)29-23)24(31)30-18-5-7-19(8-6-18)33-20-9-11-21(12-10-20)34-25(26,27)28/h5-15,17H,1-4H3,(H,30,31). The molecule has 0 aliphatic rings. The Bertz CT molecular complexity index is 1110. The minimum atomic E-state index is -4.75. The molecule has 34 heavy (non-hydrogen) atoms. The van der Waals surface area contributed by atoms with E-state index in [1.165, 1.54) is 12.1 Å². The first-order chi connectivity index (χ1) is 16.0. The molecule has 0 aliphatic carbocycles. The highest BCUT2D eigenvalue weighted by Crippen LogP contribution is 2.28. The van der Waals surface area contributed by atoms with Gasteiger partial charge in [-0.3, -0.25) is 9.78 Å². The van der Waals surface area contributed by atoms with E-state index in [-0.39, 0.29) is 23.9 Å². The molecule has 1 aromatic heterocycles. The Balaban J connectivity index is 1.60. The topological polar surface area (TPSA) is 69.7 Å². The number of hydrogen-bond donors (Lipinski definition) is 1. The van der Waals surface area contributed by atoms with E-state index >= 15 is 0 Å². The van der Waals surface area contributed by atoms with Crippen LogP contribution in [0.2, 0.25) is 0 Å². The van der Waals surface area contributed by atoms with Gasteiger partial charge in [-0.05, 0) is 88.4 Å². The van der Waals surface area contributed by atoms with Crippen LogP contribution in [0.15, 0.2) is 60.7 Å². The van der Waals surface area contributed by atoms with Gasteiger partial charge in [0.05, 0.1) is 29.2 Å². The summed E-state index contributed by atoms with van der Waals surface area (Å²) in [6.45, 7) is 7.58. The first-order valence-electron chi connectivity index (χ1n) is 10.6. The third-order valence-corrected chi connectivity index (χ3v) is 4.65. The second-order valence-corrected chi connectivity index (χ2v) is 7.80. The highest BCUT2D eigenvalue weighted by atomic mass is 19.4. The fraction of sp³-hybridized carbons (Fsp3) is 0.280. The third kappa shape index (κ3) is 7.21. The van der Waals surface area contributed by atoms with Crippen LogP contribution in [-0.2, 0) is 4.74 Å². The maximum absolute atomic E-state index is 12.7. The number of nitrogens with zero attached hydrogens (tertiary/aromatic N) is 1. The lowest BCUT2D eigenvalue weighted by atomic mass is 10.1. The minimum Gasteiger partial charge on any atom is -0.457 e. The van der Waals surface area contributed by atoms with Gasteiger partial charge in [0, 0.05) is 5.69 Å². The summed E-state index contributed by atoms with van der Waals surface area (Å²) in [5.74, 6) is 0.146. The number of aryl methyl sites for hydroxylation is 1. The summed E-state index contributed by atoms with van der Waals surface area (Å²) < 4.78 is 51.9. The van der Waals surface area contributed by atoms with E-state index < -0.39 is 6.36 Å². The molecule has 0 saturated heterocycles. The van der Waals surface area contributed by atoms with Gasteiger partial charge < -0.3 is 19.5 Å². The quantitative estimate of drug-likeness (QED) is 0.388. The summed E-state index contributed by atoms with van der Waals surface area (Å²) in [7, 11) is 0. The van der Waals surface area contributed by atoms with Gasteiger partial charge in [0.1, 0.15) is 17.2 Å². The molecular weight excluding hydrogens is 449 g/mol. The molecule has 3 aromatic rings. The second-order valence-electron chi connectivity index (χ2n) is 7.80. The van der Waals surface area contributed by atoms with Crippen LogP contribution in [0.1, 0.15) is 48.6 Å². The van der Waals surface area contributed by atoms with Crippen LogP contribution < -0.4 is 14.8 Å². The van der Waals surface area contributed by atoms with Gasteiger partial charge >= 0.3 is 6.36 Å². The van der Waals surface area contributed by atoms with Crippen LogP contribution in [0.25, 0.3) is 0 Å². The van der Waals surface area contributed by atoms with Crippen LogP contribution in [0, 0.1) is 6.92 Å². The molecule has 0 aliphatic heterocycles. The number of carbonyl (C=O) groups is 1. The van der Waals surface area contributed by atoms with Crippen molar-refractivity contribution in [2.24, 2.45) is 0 Å². The van der Waals surface area contributed by atoms with Crippen molar-refractivity contribution >= 4 is 11.6 Å². The van der Waals surface area contributed by atoms with Gasteiger partial charge in [-0.2, -0.15) is 0 Å². The monoisotopic (exact) mass is 474 g/mol. The molecule has 0 spiro atoms. The molecule has 0 saturated carbocycles. The van der Waals surface area contributed by atoms with Crippen LogP contribution >= 0.6 is 0 Å². The van der Waals surface area contributed by atoms with Gasteiger partial charge in [-0.15, -0.1) is 13.2 Å². The van der Waals surface area contributed by atoms with E-state index in [0.29, 0.717) is 28.4 Å². The number of carbonyl (C=O) groups excluding carboxylic acids is 1. The maximum Gasteiger partial charge on any atom is 0.573 e. The Hall–Kier alpha value is -3.59. The Morgan fingerprint density at radius 3 is 1.97 bits per heavy atom. The van der Waals surface area contributed by atoms with E-state index in [1.54, 1.807) is 43.3 Å². The maximum atomic E-state index is 12.7. The first kappa shape index (κ1) is 25.0. The normalized spacial score (nSPS) is 12.4. The van der Waals surface area contributed by atoms with Crippen molar-refractivity contribution in [3.05, 3.63) is 77.6 Å². The number of nitrogens with one attached hydrogen (secondary N) is 1. The number of alkyl halides is 3. The predicted octanol–water partition coefficient (Wildman–Crippen LogP) is 6.82. The molecule has 2 aromatic carbocycles. The Labute approximate surface area is 195 Å². The fourth-order valence-electron chi connectivity index (χ4n) is 3.17. The molecule has 0 radical (unpaired) electrons. The zero-order valence-corrected chi connectivity index (χ0v) is 19.1. The largest absolute Gasteiger partial charge is 0.573 e. The summed E-state index contributed by atoms with van der Waals surface area (Å²) in [6.07, 6.45) is -4.87. The van der Waals surface area contributed by atoms with Crippen LogP contribution in [0.3, 0.4) is 0 Å². The number of rotatable bonds is 8. The number of ether oxygens (including phenoxy) is 3. The van der Waals surface area contributed by atoms with E-state index in [0.717, 1.165) is 17.8 Å². The molecule has 0 bridgehead atoms. The molecule has 1 N–H and O–H groups in total. The van der Waals surface area contributed by atoms with Crippen LogP contribution in [-0.4, -0.2) is 23.4 Å². The molecule has 3 rings (SSSR count). The summed E-state index contributed by atoms with van der Waals surface area (Å²) >= 11 is 0. The number of anilines is 1. The molecular formula is C25H25F3N2O4. The minimum absolute atomic E-state index is 0.0646. The van der Waals surface area contributed by atoms with Crippen molar-refractivity contribution < 1.29 is 32.2 Å². The van der Waals surface area contributed by atoms with E-state index in [2.05, 4.69) is 15.0 Å². The van der Waals surface area contributed by atoms with Crippen molar-refractivity contribution in [1.82, 2.24) is 4.98 Å². The van der Waals surface area contributed by atoms with Gasteiger partial charge in [-0.25, -0.2) is 0 Å². The van der Waals surface area contributed by atoms with Crippen LogP contribution in [0.4, 0.5) is 18.9 Å². The average molecular weight is 474 g/mol. The number of aromatic nitrogens is 1. The summed E-state index contributed by atoms with van der Waals surface area (Å²) in [6, 6.07) is 15.1. The summed E-state index contributed by atoms with van der Waals surface area (Å²) in [5, 5.41) is 2.81. The van der Waals surface area contributed by atoms with E-state index in [9.17, 15) is 18.0 Å². The number of halogens is 3. The molecule has 6 nitrogen and oxygen atoms in total. The molecule has 9 heteroatoms. The van der Waals surface area contributed by atoms with Crippen LogP contribution in [0.5, 0.6) is 17.2 Å². The number of pyridine rings is 1. The molecule has 1 heterocycles. The average Bonchev–Trinajstić information content (AvgIpc) is 2.75. The van der Waals surface area contributed by atoms with Crippen molar-refractivity contribution in [3.63, 3.8) is 0 Å². The molecule has 180 valence electrons. The van der Waals surface area contributed by atoms with Gasteiger partial charge in [-0.1, -0.05) is 0 Å². The van der Waals surface area contributed by atoms with E-state index in [1.807, 2.05) is 20.8 Å². The van der Waals surface area contributed by atoms with Crippen molar-refractivity contribution in [2.75, 3.05) is 5.32 Å². The first-order valence-corrected chi connectivity index (χ1v) is 10.6. The molecule has 1 atom stereocenters. The van der Waals surface area contributed by atoms with E-state index in [4.69, 9.17) is 9.47 Å². The number of hydrogen-bond acceptors (Lipinski definition) is 5. The van der Waals surface area contributed by atoms with Gasteiger partial charge in [0.15, 0.2) is 0 Å². The Morgan fingerprint density at radius 2 is 1.44 bits per heavy atom. The van der Waals surface area contributed by atoms with Gasteiger partial charge in [0.2, 0.25) is 0 Å². The molecule has 0 fully saturated rings. The zero-order valence-electron chi connectivity index (χ0n) is 19.1. The highest BCUT2D eigenvalue weighted by molar-refractivity contribution is 6.05. The van der Waals surface area contributed by atoms with Crippen molar-refractivity contribution in [1.29, 1.82) is 0 Å².